The van der Waals surface area contributed by atoms with Gasteiger partial charge in [0.1, 0.15) is 10.7 Å². The summed E-state index contributed by atoms with van der Waals surface area (Å²) in [4.78, 5) is 36.9. The van der Waals surface area contributed by atoms with Gasteiger partial charge in [0.25, 0.3) is 20.1 Å². The van der Waals surface area contributed by atoms with Crippen LogP contribution >= 0.6 is 35.7 Å². The third-order valence-corrected chi connectivity index (χ3v) is 13.9. The fourth-order valence-corrected chi connectivity index (χ4v) is 10.1. The third kappa shape index (κ3) is 9.68. The summed E-state index contributed by atoms with van der Waals surface area (Å²) in [7, 11) is -8.81. The number of fused-ring (bicyclic) bond motifs is 3. The van der Waals surface area contributed by atoms with E-state index < -0.39 is 30.8 Å². The highest BCUT2D eigenvalue weighted by atomic mass is 35.5. The minimum Gasteiger partial charge on any atom is -0.368 e. The van der Waals surface area contributed by atoms with Crippen molar-refractivity contribution in [3.8, 4) is 17.2 Å². The van der Waals surface area contributed by atoms with E-state index in [-0.39, 0.29) is 91.0 Å². The molecular weight excluding hydrogens is 1000 g/mol. The molecule has 69 heavy (non-hydrogen) atoms. The van der Waals surface area contributed by atoms with Crippen molar-refractivity contribution in [2.45, 2.75) is 26.0 Å². The highest BCUT2D eigenvalue weighted by molar-refractivity contribution is 7.95. The van der Waals surface area contributed by atoms with E-state index in [1.54, 1.807) is 72.8 Å². The number of pyridine rings is 1. The standard InChI is InChI=1S/C41H28ClN11O12S4/c42-39-50-40(52-41(51-39)49-28-19-21(69(59,60)61)11-15-30(28)67-65-63-56)45-20-10-14-29(66-64-62-55)27(18-20)46-26-13-12-25-33-32(22-6-1-2-7-23(22)36(54)34(26)33)35(37(48-25)44-17-5-16-43)38-47-24-8-3-4-9-31(24)68(57,58)53-38/h1-4,6-15,18-19,46,55-56H,5,17H2,(H,44,48)(H,47,53)(H,59,60,61)(H2,45,49,50,51,52). The Bertz CT molecular complexity index is 3550. The topological polar surface area (TPSA) is 331 Å². The molecule has 1 aliphatic heterocycles. The summed E-state index contributed by atoms with van der Waals surface area (Å²) in [6, 6.07) is 26.5. The first-order valence-electron chi connectivity index (χ1n) is 19.5. The molecule has 350 valence electrons. The van der Waals surface area contributed by atoms with Crippen molar-refractivity contribution < 1.29 is 55.4 Å². The number of sulfonamides is 1. The number of rotatable bonds is 17. The highest BCUT2D eigenvalue weighted by Crippen LogP contribution is 2.47. The fraction of sp³-hybridized carbons (Fsp3) is 0.0488. The van der Waals surface area contributed by atoms with E-state index in [1.807, 2.05) is 0 Å². The summed E-state index contributed by atoms with van der Waals surface area (Å²) in [5.41, 5.74) is 2.88. The minimum atomic E-state index is -4.67. The van der Waals surface area contributed by atoms with Crippen molar-refractivity contribution in [3.63, 3.8) is 0 Å². The van der Waals surface area contributed by atoms with E-state index in [2.05, 4.69) is 61.4 Å². The number of hydrogen-bond acceptors (Lipinski definition) is 23. The molecule has 5 aromatic carbocycles. The lowest BCUT2D eigenvalue weighted by Gasteiger charge is -2.28. The number of nitrogens with one attached hydrogen (secondary N) is 5. The molecule has 1 aliphatic carbocycles. The van der Waals surface area contributed by atoms with Gasteiger partial charge < -0.3 is 21.3 Å². The molecule has 0 atom stereocenters. The minimum absolute atomic E-state index is 0.0220. The Hall–Kier alpha value is -7.04. The zero-order valence-corrected chi connectivity index (χ0v) is 38.4. The summed E-state index contributed by atoms with van der Waals surface area (Å²) >= 11 is 7.38. The average molecular weight is 1030 g/mol. The Morgan fingerprint density at radius 1 is 0.768 bits per heavy atom. The van der Waals surface area contributed by atoms with Crippen molar-refractivity contribution in [1.82, 2.24) is 24.7 Å². The Labute approximate surface area is 402 Å². The molecule has 0 saturated carbocycles. The Morgan fingerprint density at radius 2 is 1.45 bits per heavy atom. The van der Waals surface area contributed by atoms with Gasteiger partial charge in [0, 0.05) is 28.7 Å². The summed E-state index contributed by atoms with van der Waals surface area (Å²) in [6.45, 7) is 0.145. The molecule has 0 fully saturated rings. The lowest BCUT2D eigenvalue weighted by Crippen LogP contribution is -2.35. The molecule has 0 amide bonds. The first kappa shape index (κ1) is 47.0. The summed E-state index contributed by atoms with van der Waals surface area (Å²) in [5.74, 6) is -0.618. The number of carbonyl (C=O) groups excluding carboxylic acids is 1. The molecule has 8 N–H and O–H groups in total. The summed E-state index contributed by atoms with van der Waals surface area (Å²) in [6.07, 6.45) is 0.0861. The average Bonchev–Trinajstić information content (AvgIpc) is 3.32. The van der Waals surface area contributed by atoms with Gasteiger partial charge in [-0.3, -0.25) is 14.1 Å². The smallest absolute Gasteiger partial charge is 0.294 e. The number of para-hydroxylation sites is 1. The zero-order chi connectivity index (χ0) is 48.5. The van der Waals surface area contributed by atoms with Crippen LogP contribution in [0.3, 0.4) is 0 Å². The molecule has 0 radical (unpaired) electrons. The molecule has 0 bridgehead atoms. The van der Waals surface area contributed by atoms with Crippen molar-refractivity contribution in [2.75, 3.05) is 27.8 Å². The largest absolute Gasteiger partial charge is 0.368 e. The maximum atomic E-state index is 14.8. The van der Waals surface area contributed by atoms with Crippen LogP contribution in [0.4, 0.5) is 46.2 Å². The number of nitrogens with zero attached hydrogens (tertiary/aromatic N) is 6. The van der Waals surface area contributed by atoms with Crippen LogP contribution in [-0.2, 0) is 38.9 Å². The van der Waals surface area contributed by atoms with Crippen molar-refractivity contribution in [3.05, 3.63) is 119 Å². The van der Waals surface area contributed by atoms with E-state index in [0.717, 1.165) is 12.1 Å². The molecule has 2 aliphatic rings. The molecular formula is C41H28ClN11O12S4. The molecule has 0 unspecified atom stereocenters. The van der Waals surface area contributed by atoms with Crippen LogP contribution in [0.1, 0.15) is 27.9 Å². The maximum Gasteiger partial charge on any atom is 0.294 e. The number of nitriles is 1. The second-order valence-electron chi connectivity index (χ2n) is 14.3. The highest BCUT2D eigenvalue weighted by Gasteiger charge is 2.36. The van der Waals surface area contributed by atoms with Crippen LogP contribution in [0.5, 0.6) is 0 Å². The van der Waals surface area contributed by atoms with Crippen molar-refractivity contribution in [1.29, 1.82) is 5.26 Å². The number of anilines is 7. The van der Waals surface area contributed by atoms with E-state index >= 15 is 0 Å². The second-order valence-corrected chi connectivity index (χ2v) is 19.2. The van der Waals surface area contributed by atoms with Crippen LogP contribution in [0.15, 0.2) is 122 Å². The van der Waals surface area contributed by atoms with Gasteiger partial charge in [-0.2, -0.15) is 28.6 Å². The Kier molecular flexibility index (Phi) is 13.3. The number of carbonyl (C=O) groups is 1. The van der Waals surface area contributed by atoms with Crippen LogP contribution in [-0.4, -0.2) is 70.0 Å². The monoisotopic (exact) mass is 1030 g/mol. The molecule has 23 nitrogen and oxygen atoms in total. The van der Waals surface area contributed by atoms with Gasteiger partial charge in [0.15, 0.2) is 11.6 Å². The van der Waals surface area contributed by atoms with E-state index in [0.29, 0.717) is 56.7 Å². The van der Waals surface area contributed by atoms with E-state index in [4.69, 9.17) is 36.4 Å². The van der Waals surface area contributed by atoms with Gasteiger partial charge in [-0.1, -0.05) is 46.5 Å². The van der Waals surface area contributed by atoms with Gasteiger partial charge in [0.2, 0.25) is 17.2 Å². The number of halogens is 1. The first-order chi connectivity index (χ1) is 33.3. The number of hydrogen-bond donors (Lipinski definition) is 8. The Balaban J connectivity index is 1.15. The third-order valence-electron chi connectivity index (χ3n) is 10.1. The van der Waals surface area contributed by atoms with E-state index in [1.165, 1.54) is 12.1 Å². The molecule has 7 aromatic rings. The van der Waals surface area contributed by atoms with E-state index in [9.17, 15) is 31.4 Å². The first-order valence-corrected chi connectivity index (χ1v) is 24.3. The maximum absolute atomic E-state index is 14.8. The number of aliphatic imine (C=N–C) groups is 1. The molecule has 0 saturated heterocycles. The SMILES string of the molecule is N#CCCNc1nc2ccc(Nc3cc(Nc4nc(Cl)nc(Nc5cc(S(=O)(=O)O)ccc5SOOO)n4)ccc3SOOO)c3c2c(c1C1=Nc2ccccc2S(=O)(=O)N1)-c1ccccc1C3=O. The van der Waals surface area contributed by atoms with Crippen LogP contribution < -0.4 is 26.0 Å². The predicted molar refractivity (Wildman–Crippen MR) is 251 cm³/mol. The Morgan fingerprint density at radius 3 is 2.17 bits per heavy atom. The van der Waals surface area contributed by atoms with Crippen LogP contribution in [0.25, 0.3) is 22.0 Å². The lowest BCUT2D eigenvalue weighted by molar-refractivity contribution is -0.432. The fourth-order valence-electron chi connectivity index (χ4n) is 7.38. The summed E-state index contributed by atoms with van der Waals surface area (Å²) < 4.78 is 72.9. The molecule has 2 aromatic heterocycles. The second kappa shape index (κ2) is 19.5. The quantitative estimate of drug-likeness (QED) is 0.0140. The van der Waals surface area contributed by atoms with Gasteiger partial charge >= 0.3 is 0 Å². The molecule has 9 rings (SSSR count). The number of ketones is 1. The van der Waals surface area contributed by atoms with Crippen LogP contribution in [0.2, 0.25) is 5.28 Å². The number of benzene rings is 5. The molecule has 28 heteroatoms. The van der Waals surface area contributed by atoms with Crippen molar-refractivity contribution >= 4 is 125 Å². The molecule has 0 spiro atoms. The lowest BCUT2D eigenvalue weighted by atomic mass is 9.81. The zero-order valence-electron chi connectivity index (χ0n) is 34.4. The predicted octanol–water partition coefficient (Wildman–Crippen LogP) is 8.31. The number of aromatic nitrogens is 4. The van der Waals surface area contributed by atoms with Crippen LogP contribution in [0, 0.1) is 11.3 Å². The van der Waals surface area contributed by atoms with Gasteiger partial charge in [-0.25, -0.2) is 28.9 Å². The normalized spacial score (nSPS) is 13.4. The van der Waals surface area contributed by atoms with Gasteiger partial charge in [-0.05, 0) is 77.8 Å². The molecule has 3 heterocycles. The van der Waals surface area contributed by atoms with Gasteiger partial charge in [-0.15, -0.1) is 8.67 Å². The van der Waals surface area contributed by atoms with Crippen molar-refractivity contribution in [2.24, 2.45) is 4.99 Å². The number of amidine groups is 1. The van der Waals surface area contributed by atoms with Gasteiger partial charge in [0.05, 0.1) is 90.7 Å². The summed E-state index contributed by atoms with van der Waals surface area (Å²) in [5, 5.41) is 47.0.